The molecule has 25 heavy (non-hydrogen) atoms. The molecular formula is C18H27ClN4O2. The van der Waals surface area contributed by atoms with Crippen LogP contribution in [0.2, 0.25) is 0 Å². The van der Waals surface area contributed by atoms with Gasteiger partial charge in [-0.2, -0.15) is 5.10 Å². The Kier molecular flexibility index (Phi) is 7.45. The highest BCUT2D eigenvalue weighted by molar-refractivity contribution is 5.94. The minimum atomic E-state index is -0.435. The number of carbonyl (C=O) groups is 1. The predicted octanol–water partition coefficient (Wildman–Crippen LogP) is 2.47. The Bertz CT molecular complexity index is 685. The van der Waals surface area contributed by atoms with E-state index in [9.17, 15) is 4.79 Å². The standard InChI is InChI=1S/C18H26N4O2.ClH/c1-13(2)18(3,12-19)21-17(23)15-9-20-22(11-15)10-14-5-7-16(24-4)8-6-14;/h5-9,11,13H,10,12,19H2,1-4H3,(H,21,23);1H. The molecule has 1 amide bonds. The van der Waals surface area contributed by atoms with Gasteiger partial charge in [0.05, 0.1) is 31.0 Å². The lowest BCUT2D eigenvalue weighted by atomic mass is 9.88. The van der Waals surface area contributed by atoms with Gasteiger partial charge in [0.2, 0.25) is 0 Å². The summed E-state index contributed by atoms with van der Waals surface area (Å²) in [6.07, 6.45) is 3.33. The second kappa shape index (κ2) is 8.87. The van der Waals surface area contributed by atoms with Gasteiger partial charge in [-0.05, 0) is 30.5 Å². The quantitative estimate of drug-likeness (QED) is 0.788. The number of halogens is 1. The maximum Gasteiger partial charge on any atom is 0.254 e. The van der Waals surface area contributed by atoms with Crippen molar-refractivity contribution in [1.29, 1.82) is 0 Å². The lowest BCUT2D eigenvalue weighted by molar-refractivity contribution is 0.0883. The number of aromatic nitrogens is 2. The van der Waals surface area contributed by atoms with Crippen LogP contribution < -0.4 is 15.8 Å². The maximum absolute atomic E-state index is 12.4. The monoisotopic (exact) mass is 366 g/mol. The summed E-state index contributed by atoms with van der Waals surface area (Å²) in [4.78, 5) is 12.4. The molecule has 0 fully saturated rings. The minimum Gasteiger partial charge on any atom is -0.497 e. The lowest BCUT2D eigenvalue weighted by Gasteiger charge is -2.33. The van der Waals surface area contributed by atoms with Gasteiger partial charge in [0.25, 0.3) is 5.91 Å². The van der Waals surface area contributed by atoms with Gasteiger partial charge in [-0.25, -0.2) is 0 Å². The summed E-state index contributed by atoms with van der Waals surface area (Å²) in [5, 5.41) is 7.29. The zero-order chi connectivity index (χ0) is 17.7. The normalized spacial score (nSPS) is 13.0. The predicted molar refractivity (Wildman–Crippen MR) is 101 cm³/mol. The Morgan fingerprint density at radius 3 is 2.52 bits per heavy atom. The van der Waals surface area contributed by atoms with Crippen molar-refractivity contribution in [3.05, 3.63) is 47.8 Å². The van der Waals surface area contributed by atoms with Gasteiger partial charge < -0.3 is 15.8 Å². The lowest BCUT2D eigenvalue weighted by Crippen LogP contribution is -2.54. The molecule has 0 spiro atoms. The average molecular weight is 367 g/mol. The summed E-state index contributed by atoms with van der Waals surface area (Å²) in [6.45, 7) is 7.02. The van der Waals surface area contributed by atoms with Crippen molar-refractivity contribution in [3.63, 3.8) is 0 Å². The van der Waals surface area contributed by atoms with Crippen molar-refractivity contribution < 1.29 is 9.53 Å². The van der Waals surface area contributed by atoms with Crippen LogP contribution in [0.4, 0.5) is 0 Å². The summed E-state index contributed by atoms with van der Waals surface area (Å²) in [5.74, 6) is 0.896. The molecule has 2 aromatic rings. The van der Waals surface area contributed by atoms with E-state index in [1.807, 2.05) is 45.0 Å². The fourth-order valence-electron chi connectivity index (χ4n) is 2.25. The molecule has 1 heterocycles. The Labute approximate surface area is 155 Å². The number of methoxy groups -OCH3 is 1. The number of nitrogens with one attached hydrogen (secondary N) is 1. The van der Waals surface area contributed by atoms with Crippen LogP contribution in [0.15, 0.2) is 36.7 Å². The van der Waals surface area contributed by atoms with Crippen LogP contribution in [0.25, 0.3) is 0 Å². The van der Waals surface area contributed by atoms with Gasteiger partial charge in [-0.3, -0.25) is 9.48 Å². The van der Waals surface area contributed by atoms with Crippen LogP contribution >= 0.6 is 12.4 Å². The Morgan fingerprint density at radius 2 is 2.00 bits per heavy atom. The molecular weight excluding hydrogens is 340 g/mol. The molecule has 0 radical (unpaired) electrons. The van der Waals surface area contributed by atoms with E-state index in [1.165, 1.54) is 0 Å². The fraction of sp³-hybridized carbons (Fsp3) is 0.444. The summed E-state index contributed by atoms with van der Waals surface area (Å²) < 4.78 is 6.89. The van der Waals surface area contributed by atoms with Crippen LogP contribution in [-0.4, -0.2) is 34.9 Å². The first kappa shape index (κ1) is 21.0. The van der Waals surface area contributed by atoms with Crippen molar-refractivity contribution in [3.8, 4) is 5.75 Å². The summed E-state index contributed by atoms with van der Waals surface area (Å²) in [6, 6.07) is 7.76. The highest BCUT2D eigenvalue weighted by Gasteiger charge is 2.29. The SMILES string of the molecule is COc1ccc(Cn2cc(C(=O)NC(C)(CN)C(C)C)cn2)cc1.Cl. The Morgan fingerprint density at radius 1 is 1.36 bits per heavy atom. The fourth-order valence-corrected chi connectivity index (χ4v) is 2.25. The summed E-state index contributed by atoms with van der Waals surface area (Å²) in [7, 11) is 1.64. The summed E-state index contributed by atoms with van der Waals surface area (Å²) >= 11 is 0. The molecule has 1 unspecified atom stereocenters. The van der Waals surface area contributed by atoms with Crippen molar-refractivity contribution in [1.82, 2.24) is 15.1 Å². The van der Waals surface area contributed by atoms with Crippen LogP contribution in [0.1, 0.15) is 36.7 Å². The molecule has 7 heteroatoms. The number of nitrogens with two attached hydrogens (primary N) is 1. The number of benzene rings is 1. The van der Waals surface area contributed by atoms with Crippen LogP contribution in [0.5, 0.6) is 5.75 Å². The molecule has 0 aliphatic heterocycles. The summed E-state index contributed by atoms with van der Waals surface area (Å²) in [5.41, 5.74) is 7.00. The first-order valence-corrected chi connectivity index (χ1v) is 8.06. The van der Waals surface area contributed by atoms with Crippen molar-refractivity contribution >= 4 is 18.3 Å². The average Bonchev–Trinajstić information content (AvgIpc) is 3.04. The number of rotatable bonds is 7. The number of ether oxygens (including phenoxy) is 1. The van der Waals surface area contributed by atoms with Gasteiger partial charge in [0.1, 0.15) is 5.75 Å². The van der Waals surface area contributed by atoms with E-state index in [2.05, 4.69) is 10.4 Å². The van der Waals surface area contributed by atoms with E-state index in [4.69, 9.17) is 10.5 Å². The first-order chi connectivity index (χ1) is 11.4. The molecule has 1 atom stereocenters. The third-order valence-corrected chi connectivity index (χ3v) is 4.50. The molecule has 0 bridgehead atoms. The molecule has 2 rings (SSSR count). The highest BCUT2D eigenvalue weighted by atomic mass is 35.5. The topological polar surface area (TPSA) is 82.2 Å². The first-order valence-electron chi connectivity index (χ1n) is 8.06. The number of nitrogens with zero attached hydrogens (tertiary/aromatic N) is 2. The Hall–Kier alpha value is -2.05. The zero-order valence-corrected chi connectivity index (χ0v) is 16.0. The van der Waals surface area contributed by atoms with Crippen molar-refractivity contribution in [2.45, 2.75) is 32.9 Å². The molecule has 0 saturated carbocycles. The van der Waals surface area contributed by atoms with Crippen LogP contribution in [-0.2, 0) is 6.54 Å². The Balaban J connectivity index is 0.00000312. The molecule has 6 nitrogen and oxygen atoms in total. The molecule has 0 aliphatic rings. The maximum atomic E-state index is 12.4. The number of carbonyl (C=O) groups excluding carboxylic acids is 1. The third kappa shape index (κ3) is 5.21. The molecule has 0 saturated heterocycles. The number of amides is 1. The zero-order valence-electron chi connectivity index (χ0n) is 15.2. The van der Waals surface area contributed by atoms with Crippen molar-refractivity contribution in [2.24, 2.45) is 11.7 Å². The van der Waals surface area contributed by atoms with Crippen LogP contribution in [0.3, 0.4) is 0 Å². The van der Waals surface area contributed by atoms with Gasteiger partial charge in [-0.15, -0.1) is 12.4 Å². The van der Waals surface area contributed by atoms with Crippen molar-refractivity contribution in [2.75, 3.05) is 13.7 Å². The third-order valence-electron chi connectivity index (χ3n) is 4.50. The largest absolute Gasteiger partial charge is 0.497 e. The number of hydrogen-bond donors (Lipinski definition) is 2. The van der Waals surface area contributed by atoms with E-state index in [1.54, 1.807) is 24.2 Å². The second-order valence-corrected chi connectivity index (χ2v) is 6.51. The molecule has 1 aromatic carbocycles. The van der Waals surface area contributed by atoms with E-state index in [0.717, 1.165) is 11.3 Å². The smallest absolute Gasteiger partial charge is 0.254 e. The van der Waals surface area contributed by atoms with Gasteiger partial charge in [0.15, 0.2) is 0 Å². The molecule has 138 valence electrons. The molecule has 0 aliphatic carbocycles. The van der Waals surface area contributed by atoms with Gasteiger partial charge in [0, 0.05) is 12.7 Å². The van der Waals surface area contributed by atoms with E-state index in [0.29, 0.717) is 18.7 Å². The van der Waals surface area contributed by atoms with E-state index >= 15 is 0 Å². The minimum absolute atomic E-state index is 0. The molecule has 1 aromatic heterocycles. The number of hydrogen-bond acceptors (Lipinski definition) is 4. The van der Waals surface area contributed by atoms with Crippen LogP contribution in [0, 0.1) is 5.92 Å². The highest BCUT2D eigenvalue weighted by Crippen LogP contribution is 2.16. The van der Waals surface area contributed by atoms with Gasteiger partial charge >= 0.3 is 0 Å². The second-order valence-electron chi connectivity index (χ2n) is 6.51. The van der Waals surface area contributed by atoms with E-state index in [-0.39, 0.29) is 24.2 Å². The van der Waals surface area contributed by atoms with Gasteiger partial charge in [-0.1, -0.05) is 26.0 Å². The van der Waals surface area contributed by atoms with E-state index < -0.39 is 5.54 Å². The molecule has 3 N–H and O–H groups in total.